The topological polar surface area (TPSA) is 38.5 Å². The zero-order valence-corrected chi connectivity index (χ0v) is 18.4. The third-order valence-electron chi connectivity index (χ3n) is 5.00. The van der Waals surface area contributed by atoms with Gasteiger partial charge in [-0.05, 0) is 49.8 Å². The third kappa shape index (κ3) is 3.93. The molecule has 2 aromatic carbocycles. The number of methoxy groups -OCH3 is 2. The number of benzene rings is 2. The Balaban J connectivity index is 0.00000261. The van der Waals surface area contributed by atoms with Crippen LogP contribution in [0.15, 0.2) is 48.5 Å². The molecular formula is C22H24INO3. The molecule has 3 rings (SSSR count). The normalized spacial score (nSPS) is 14.7. The van der Waals surface area contributed by atoms with Crippen molar-refractivity contribution in [1.82, 2.24) is 0 Å². The molecule has 0 saturated heterocycles. The molecule has 0 spiro atoms. The SMILES string of the molecule is COC(=O)c1ccc2c(c1)C(C)(C)C(/C=C/c1ccc(OC)cc1)=[N+]2C.[I-]. The van der Waals surface area contributed by atoms with Crippen molar-refractivity contribution in [1.29, 1.82) is 0 Å². The van der Waals surface area contributed by atoms with Gasteiger partial charge in [0.15, 0.2) is 5.71 Å². The molecule has 2 aromatic rings. The van der Waals surface area contributed by atoms with Gasteiger partial charge in [-0.25, -0.2) is 4.79 Å². The molecule has 0 aliphatic carbocycles. The van der Waals surface area contributed by atoms with Crippen LogP contribution in [-0.4, -0.2) is 37.5 Å². The van der Waals surface area contributed by atoms with Crippen molar-refractivity contribution < 1.29 is 42.8 Å². The van der Waals surface area contributed by atoms with Gasteiger partial charge in [0.25, 0.3) is 0 Å². The first-order valence-electron chi connectivity index (χ1n) is 8.54. The summed E-state index contributed by atoms with van der Waals surface area (Å²) in [6, 6.07) is 13.7. The van der Waals surface area contributed by atoms with Gasteiger partial charge in [0.1, 0.15) is 12.8 Å². The fraction of sp³-hybridized carbons (Fsp3) is 0.273. The summed E-state index contributed by atoms with van der Waals surface area (Å²) >= 11 is 0. The minimum absolute atomic E-state index is 0. The van der Waals surface area contributed by atoms with E-state index in [1.165, 1.54) is 12.8 Å². The number of rotatable bonds is 4. The number of carbonyl (C=O) groups excluding carboxylic acids is 1. The monoisotopic (exact) mass is 477 g/mol. The molecule has 4 nitrogen and oxygen atoms in total. The number of hydrogen-bond acceptors (Lipinski definition) is 3. The second-order valence-electron chi connectivity index (χ2n) is 6.90. The molecule has 0 bridgehead atoms. The van der Waals surface area contributed by atoms with E-state index in [2.05, 4.69) is 37.6 Å². The quantitative estimate of drug-likeness (QED) is 0.378. The fourth-order valence-corrected chi connectivity index (χ4v) is 3.47. The van der Waals surface area contributed by atoms with Crippen LogP contribution in [0.4, 0.5) is 5.69 Å². The third-order valence-corrected chi connectivity index (χ3v) is 5.00. The van der Waals surface area contributed by atoms with E-state index in [0.717, 1.165) is 22.6 Å². The average molecular weight is 477 g/mol. The van der Waals surface area contributed by atoms with Crippen LogP contribution in [0.5, 0.6) is 5.75 Å². The number of esters is 1. The van der Waals surface area contributed by atoms with Crippen LogP contribution in [0.1, 0.15) is 35.3 Å². The largest absolute Gasteiger partial charge is 1.00 e. The van der Waals surface area contributed by atoms with Gasteiger partial charge in [-0.3, -0.25) is 0 Å². The van der Waals surface area contributed by atoms with Crippen LogP contribution in [0, 0.1) is 0 Å². The summed E-state index contributed by atoms with van der Waals surface area (Å²) in [6.07, 6.45) is 4.24. The lowest BCUT2D eigenvalue weighted by Gasteiger charge is -2.16. The molecule has 0 aromatic heterocycles. The highest BCUT2D eigenvalue weighted by molar-refractivity contribution is 6.05. The Labute approximate surface area is 177 Å². The average Bonchev–Trinajstić information content (AvgIpc) is 2.85. The standard InChI is InChI=1S/C22H24NO3.HI/c1-22(2)18-14-16(21(24)26-5)9-12-19(18)23(3)20(22)13-8-15-6-10-17(25-4)11-7-15;/h6-14H,1-5H3;1H/q+1;/p-1/b13-8+;. The van der Waals surface area contributed by atoms with Crippen molar-refractivity contribution in [2.45, 2.75) is 19.3 Å². The van der Waals surface area contributed by atoms with Crippen LogP contribution >= 0.6 is 0 Å². The summed E-state index contributed by atoms with van der Waals surface area (Å²) in [7, 11) is 5.12. The highest BCUT2D eigenvalue weighted by Crippen LogP contribution is 2.40. The molecular weight excluding hydrogens is 453 g/mol. The van der Waals surface area contributed by atoms with Crippen LogP contribution in [0.2, 0.25) is 0 Å². The summed E-state index contributed by atoms with van der Waals surface area (Å²) in [5.41, 5.74) is 4.87. The van der Waals surface area contributed by atoms with E-state index in [1.54, 1.807) is 7.11 Å². The number of nitrogens with zero attached hydrogens (tertiary/aromatic N) is 1. The lowest BCUT2D eigenvalue weighted by Crippen LogP contribution is -3.00. The molecule has 5 heteroatoms. The molecule has 0 saturated carbocycles. The maximum atomic E-state index is 11.9. The van der Waals surface area contributed by atoms with Crippen LogP contribution in [0.3, 0.4) is 0 Å². The van der Waals surface area contributed by atoms with Crippen molar-refractivity contribution in [3.8, 4) is 5.75 Å². The molecule has 27 heavy (non-hydrogen) atoms. The Morgan fingerprint density at radius 1 is 1.04 bits per heavy atom. The number of fused-ring (bicyclic) bond motifs is 1. The summed E-state index contributed by atoms with van der Waals surface area (Å²) in [5.74, 6) is 0.532. The van der Waals surface area contributed by atoms with Gasteiger partial charge < -0.3 is 33.5 Å². The van der Waals surface area contributed by atoms with Crippen molar-refractivity contribution in [2.24, 2.45) is 0 Å². The Kier molecular flexibility index (Phi) is 6.46. The molecule has 0 amide bonds. The second kappa shape index (κ2) is 8.25. The highest BCUT2D eigenvalue weighted by atomic mass is 127. The van der Waals surface area contributed by atoms with Crippen LogP contribution < -0.4 is 28.7 Å². The molecule has 142 valence electrons. The number of ether oxygens (including phenoxy) is 2. The van der Waals surface area contributed by atoms with Gasteiger partial charge in [0.2, 0.25) is 5.69 Å². The van der Waals surface area contributed by atoms with Gasteiger partial charge in [-0.15, -0.1) is 0 Å². The van der Waals surface area contributed by atoms with E-state index in [-0.39, 0.29) is 35.4 Å². The Morgan fingerprint density at radius 3 is 2.30 bits per heavy atom. The van der Waals surface area contributed by atoms with Crippen molar-refractivity contribution in [3.05, 3.63) is 65.2 Å². The number of carbonyl (C=O) groups is 1. The molecule has 0 atom stereocenters. The molecule has 0 unspecified atom stereocenters. The smallest absolute Gasteiger partial charge is 0.337 e. The lowest BCUT2D eigenvalue weighted by molar-refractivity contribution is -0.401. The fourth-order valence-electron chi connectivity index (χ4n) is 3.47. The van der Waals surface area contributed by atoms with E-state index in [0.29, 0.717) is 5.56 Å². The van der Waals surface area contributed by atoms with Crippen molar-refractivity contribution in [2.75, 3.05) is 21.3 Å². The first-order chi connectivity index (χ1) is 12.4. The summed E-state index contributed by atoms with van der Waals surface area (Å²) < 4.78 is 12.2. The van der Waals surface area contributed by atoms with E-state index < -0.39 is 0 Å². The first-order valence-corrected chi connectivity index (χ1v) is 8.54. The number of halogens is 1. The molecule has 1 aliphatic heterocycles. The molecule has 1 heterocycles. The Hall–Kier alpha value is -2.15. The van der Waals surface area contributed by atoms with E-state index in [1.807, 2.05) is 42.5 Å². The van der Waals surface area contributed by atoms with Gasteiger partial charge in [-0.2, -0.15) is 4.58 Å². The van der Waals surface area contributed by atoms with Gasteiger partial charge >= 0.3 is 5.97 Å². The summed E-state index contributed by atoms with van der Waals surface area (Å²) in [5, 5.41) is 0. The van der Waals surface area contributed by atoms with Crippen LogP contribution in [-0.2, 0) is 10.2 Å². The van der Waals surface area contributed by atoms with Gasteiger partial charge in [0, 0.05) is 17.7 Å². The number of hydrogen-bond donors (Lipinski definition) is 0. The first kappa shape index (κ1) is 21.2. The maximum Gasteiger partial charge on any atom is 0.337 e. The molecule has 0 N–H and O–H groups in total. The van der Waals surface area contributed by atoms with E-state index in [4.69, 9.17) is 9.47 Å². The zero-order valence-electron chi connectivity index (χ0n) is 16.2. The maximum absolute atomic E-state index is 11.9. The predicted octanol–water partition coefficient (Wildman–Crippen LogP) is 1.21. The predicted molar refractivity (Wildman–Crippen MR) is 104 cm³/mol. The van der Waals surface area contributed by atoms with E-state index in [9.17, 15) is 4.79 Å². The van der Waals surface area contributed by atoms with Crippen LogP contribution in [0.25, 0.3) is 6.08 Å². The zero-order chi connectivity index (χ0) is 18.9. The molecule has 0 fully saturated rings. The highest BCUT2D eigenvalue weighted by Gasteiger charge is 2.43. The summed E-state index contributed by atoms with van der Waals surface area (Å²) in [6.45, 7) is 4.34. The Bertz CT molecular complexity index is 912. The number of allylic oxidation sites excluding steroid dienone is 1. The van der Waals surface area contributed by atoms with Crippen molar-refractivity contribution in [3.63, 3.8) is 0 Å². The minimum Gasteiger partial charge on any atom is -1.00 e. The minimum atomic E-state index is -0.312. The lowest BCUT2D eigenvalue weighted by atomic mass is 9.80. The molecule has 1 aliphatic rings. The second-order valence-corrected chi connectivity index (χ2v) is 6.90. The van der Waals surface area contributed by atoms with Gasteiger partial charge in [-0.1, -0.05) is 12.1 Å². The Morgan fingerprint density at radius 2 is 1.70 bits per heavy atom. The van der Waals surface area contributed by atoms with Gasteiger partial charge in [0.05, 0.1) is 25.2 Å². The summed E-state index contributed by atoms with van der Waals surface area (Å²) in [4.78, 5) is 11.9. The molecule has 0 radical (unpaired) electrons. The van der Waals surface area contributed by atoms with Crippen molar-refractivity contribution >= 4 is 23.4 Å². The van der Waals surface area contributed by atoms with E-state index >= 15 is 0 Å².